The molecule has 0 aromatic carbocycles. The highest BCUT2D eigenvalue weighted by molar-refractivity contribution is 4.46. The predicted molar refractivity (Wildman–Crippen MR) is 73.8 cm³/mol. The average Bonchev–Trinajstić information content (AvgIpc) is 2.31. The number of unbranched alkanes of at least 4 members (excludes halogenated alkanes) is 9. The standard InChI is InChI=1S/C15H33N/c1-3-5-6-7-8-9-10-11-12-13-15-16-14-4-2/h16H,3-15H2,1-2H3/p+1. The minimum Gasteiger partial charge on any atom is -0.346 e. The van der Waals surface area contributed by atoms with Gasteiger partial charge in [-0.15, -0.1) is 0 Å². The molecule has 0 radical (unpaired) electrons. The molecule has 0 aliphatic rings. The van der Waals surface area contributed by atoms with E-state index in [4.69, 9.17) is 0 Å². The lowest BCUT2D eigenvalue weighted by Crippen LogP contribution is -2.84. The fourth-order valence-corrected chi connectivity index (χ4v) is 2.12. The molecule has 0 saturated carbocycles. The summed E-state index contributed by atoms with van der Waals surface area (Å²) in [7, 11) is 0. The van der Waals surface area contributed by atoms with Crippen LogP contribution in [0.3, 0.4) is 0 Å². The third kappa shape index (κ3) is 14.0. The molecular formula is C15H34N+. The first-order chi connectivity index (χ1) is 7.91. The van der Waals surface area contributed by atoms with E-state index in [0.29, 0.717) is 0 Å². The van der Waals surface area contributed by atoms with Gasteiger partial charge < -0.3 is 5.32 Å². The zero-order chi connectivity index (χ0) is 11.9. The van der Waals surface area contributed by atoms with E-state index >= 15 is 0 Å². The highest BCUT2D eigenvalue weighted by Gasteiger charge is 1.93. The smallest absolute Gasteiger partial charge is 0.0755 e. The largest absolute Gasteiger partial charge is 0.346 e. The summed E-state index contributed by atoms with van der Waals surface area (Å²) in [6.07, 6.45) is 15.8. The van der Waals surface area contributed by atoms with Crippen LogP contribution in [-0.2, 0) is 0 Å². The molecule has 0 aliphatic heterocycles. The van der Waals surface area contributed by atoms with Gasteiger partial charge in [-0.1, -0.05) is 65.2 Å². The van der Waals surface area contributed by atoms with E-state index in [1.807, 2.05) is 0 Å². The van der Waals surface area contributed by atoms with E-state index < -0.39 is 0 Å². The summed E-state index contributed by atoms with van der Waals surface area (Å²) in [5.74, 6) is 0. The lowest BCUT2D eigenvalue weighted by molar-refractivity contribution is -0.655. The summed E-state index contributed by atoms with van der Waals surface area (Å²) in [6.45, 7) is 7.21. The molecule has 0 rings (SSSR count). The molecule has 1 heteroatoms. The summed E-state index contributed by atoms with van der Waals surface area (Å²) in [4.78, 5) is 0. The minimum atomic E-state index is 1.32. The molecule has 0 aromatic rings. The Morgan fingerprint density at radius 1 is 0.500 bits per heavy atom. The van der Waals surface area contributed by atoms with Crippen molar-refractivity contribution in [3.8, 4) is 0 Å². The maximum atomic E-state index is 2.46. The molecule has 0 aliphatic carbocycles. The molecule has 16 heavy (non-hydrogen) atoms. The van der Waals surface area contributed by atoms with Gasteiger partial charge in [0.2, 0.25) is 0 Å². The van der Waals surface area contributed by atoms with Crippen LogP contribution in [0.5, 0.6) is 0 Å². The van der Waals surface area contributed by atoms with Crippen LogP contribution in [0.15, 0.2) is 0 Å². The second-order valence-electron chi connectivity index (χ2n) is 5.05. The number of nitrogens with two attached hydrogens (primary N) is 1. The van der Waals surface area contributed by atoms with Crippen molar-refractivity contribution in [2.75, 3.05) is 13.1 Å². The summed E-state index contributed by atoms with van der Waals surface area (Å²) >= 11 is 0. The first-order valence-corrected chi connectivity index (χ1v) is 7.73. The summed E-state index contributed by atoms with van der Waals surface area (Å²) < 4.78 is 0. The molecule has 98 valence electrons. The number of rotatable bonds is 13. The second-order valence-corrected chi connectivity index (χ2v) is 5.05. The Kier molecular flexibility index (Phi) is 14.9. The topological polar surface area (TPSA) is 16.6 Å². The molecule has 0 bridgehead atoms. The van der Waals surface area contributed by atoms with Gasteiger partial charge in [0.05, 0.1) is 13.1 Å². The average molecular weight is 228 g/mol. The van der Waals surface area contributed by atoms with E-state index in [1.54, 1.807) is 0 Å². The molecule has 2 N–H and O–H groups in total. The maximum Gasteiger partial charge on any atom is 0.0755 e. The normalized spacial score (nSPS) is 10.9. The van der Waals surface area contributed by atoms with Crippen molar-refractivity contribution in [1.29, 1.82) is 0 Å². The number of hydrogen-bond acceptors (Lipinski definition) is 0. The molecule has 0 heterocycles. The van der Waals surface area contributed by atoms with Gasteiger partial charge in [0.25, 0.3) is 0 Å². The van der Waals surface area contributed by atoms with Crippen LogP contribution in [0.4, 0.5) is 0 Å². The predicted octanol–water partition coefficient (Wildman–Crippen LogP) is 3.88. The van der Waals surface area contributed by atoms with Crippen molar-refractivity contribution < 1.29 is 5.32 Å². The number of quaternary nitrogens is 1. The Labute approximate surface area is 103 Å². The lowest BCUT2D eigenvalue weighted by Gasteiger charge is -2.02. The zero-order valence-electron chi connectivity index (χ0n) is 11.8. The molecule has 0 spiro atoms. The van der Waals surface area contributed by atoms with Gasteiger partial charge in [0, 0.05) is 0 Å². The van der Waals surface area contributed by atoms with Crippen molar-refractivity contribution >= 4 is 0 Å². The Hall–Kier alpha value is -0.0400. The Bertz CT molecular complexity index is 98.0. The Morgan fingerprint density at radius 2 is 1.00 bits per heavy atom. The summed E-state index contributed by atoms with van der Waals surface area (Å²) in [6, 6.07) is 0. The molecule has 0 aromatic heterocycles. The Balaban J connectivity index is 2.83. The molecule has 0 saturated heterocycles. The zero-order valence-corrected chi connectivity index (χ0v) is 11.8. The second kappa shape index (κ2) is 15.0. The van der Waals surface area contributed by atoms with E-state index in [1.165, 1.54) is 83.7 Å². The van der Waals surface area contributed by atoms with Crippen LogP contribution < -0.4 is 5.32 Å². The SMILES string of the molecule is CCCCCCCCCCCC[NH2+]CCC. The van der Waals surface area contributed by atoms with Gasteiger partial charge in [-0.2, -0.15) is 0 Å². The summed E-state index contributed by atoms with van der Waals surface area (Å²) in [5, 5.41) is 2.46. The van der Waals surface area contributed by atoms with Gasteiger partial charge in [0.1, 0.15) is 0 Å². The van der Waals surface area contributed by atoms with Gasteiger partial charge >= 0.3 is 0 Å². The number of hydrogen-bond donors (Lipinski definition) is 1. The van der Waals surface area contributed by atoms with Crippen molar-refractivity contribution in [2.24, 2.45) is 0 Å². The van der Waals surface area contributed by atoms with E-state index in [0.717, 1.165) is 0 Å². The quantitative estimate of drug-likeness (QED) is 0.461. The van der Waals surface area contributed by atoms with Gasteiger partial charge in [-0.05, 0) is 19.3 Å². The molecule has 0 atom stereocenters. The highest BCUT2D eigenvalue weighted by atomic mass is 14.8. The van der Waals surface area contributed by atoms with Gasteiger partial charge in [-0.3, -0.25) is 0 Å². The van der Waals surface area contributed by atoms with E-state index in [2.05, 4.69) is 19.2 Å². The first-order valence-electron chi connectivity index (χ1n) is 7.73. The monoisotopic (exact) mass is 228 g/mol. The highest BCUT2D eigenvalue weighted by Crippen LogP contribution is 2.09. The Morgan fingerprint density at radius 3 is 1.50 bits per heavy atom. The van der Waals surface area contributed by atoms with Crippen LogP contribution in [0.1, 0.15) is 84.5 Å². The molecular weight excluding hydrogens is 194 g/mol. The van der Waals surface area contributed by atoms with Gasteiger partial charge in [-0.25, -0.2) is 0 Å². The van der Waals surface area contributed by atoms with Crippen molar-refractivity contribution in [3.63, 3.8) is 0 Å². The third-order valence-electron chi connectivity index (χ3n) is 3.25. The lowest BCUT2D eigenvalue weighted by atomic mass is 10.1. The molecule has 1 nitrogen and oxygen atoms in total. The minimum absolute atomic E-state index is 1.32. The van der Waals surface area contributed by atoms with Crippen molar-refractivity contribution in [2.45, 2.75) is 84.5 Å². The first kappa shape index (κ1) is 16.0. The van der Waals surface area contributed by atoms with Crippen molar-refractivity contribution in [1.82, 2.24) is 0 Å². The third-order valence-corrected chi connectivity index (χ3v) is 3.25. The van der Waals surface area contributed by atoms with Crippen LogP contribution in [0.25, 0.3) is 0 Å². The van der Waals surface area contributed by atoms with Crippen LogP contribution in [0, 0.1) is 0 Å². The molecule has 0 amide bonds. The maximum absolute atomic E-state index is 2.46. The van der Waals surface area contributed by atoms with Gasteiger partial charge in [0.15, 0.2) is 0 Å². The van der Waals surface area contributed by atoms with Crippen LogP contribution in [0.2, 0.25) is 0 Å². The fraction of sp³-hybridized carbons (Fsp3) is 1.00. The van der Waals surface area contributed by atoms with E-state index in [9.17, 15) is 0 Å². The van der Waals surface area contributed by atoms with Crippen LogP contribution >= 0.6 is 0 Å². The van der Waals surface area contributed by atoms with E-state index in [-0.39, 0.29) is 0 Å². The molecule has 0 unspecified atom stereocenters. The fourth-order valence-electron chi connectivity index (χ4n) is 2.12. The molecule has 0 fully saturated rings. The summed E-state index contributed by atoms with van der Waals surface area (Å²) in [5.41, 5.74) is 0. The van der Waals surface area contributed by atoms with Crippen molar-refractivity contribution in [3.05, 3.63) is 0 Å². The van der Waals surface area contributed by atoms with Crippen LogP contribution in [-0.4, -0.2) is 13.1 Å².